The maximum absolute atomic E-state index is 12.6. The smallest absolute Gasteiger partial charge is 0.264 e. The van der Waals surface area contributed by atoms with E-state index in [-0.39, 0.29) is 13.0 Å². The predicted molar refractivity (Wildman–Crippen MR) is 61.2 cm³/mol. The molecular formula is C10H12F2N6O. The Labute approximate surface area is 107 Å². The van der Waals surface area contributed by atoms with Crippen molar-refractivity contribution in [3.8, 4) is 0 Å². The van der Waals surface area contributed by atoms with Crippen LogP contribution in [0.1, 0.15) is 6.42 Å². The summed E-state index contributed by atoms with van der Waals surface area (Å²) < 4.78 is 31.9. The Morgan fingerprint density at radius 2 is 2.26 bits per heavy atom. The fraction of sp³-hybridized carbons (Fsp3) is 0.600. The molecule has 0 amide bonds. The Kier molecular flexibility index (Phi) is 3.20. The second-order valence-electron chi connectivity index (χ2n) is 4.22. The SMILES string of the molecule is FC(F)C1CCN(c2nccn3nnnc23)CCO1. The first-order valence-electron chi connectivity index (χ1n) is 5.93. The number of hydrogen-bond acceptors (Lipinski definition) is 6. The minimum Gasteiger partial charge on any atom is -0.370 e. The minimum atomic E-state index is -2.46. The normalized spacial score (nSPS) is 21.0. The van der Waals surface area contributed by atoms with Gasteiger partial charge in [0, 0.05) is 19.3 Å². The van der Waals surface area contributed by atoms with Gasteiger partial charge in [-0.25, -0.2) is 13.8 Å². The fourth-order valence-electron chi connectivity index (χ4n) is 2.09. The van der Waals surface area contributed by atoms with Crippen molar-refractivity contribution in [2.75, 3.05) is 24.6 Å². The van der Waals surface area contributed by atoms with E-state index in [4.69, 9.17) is 4.74 Å². The van der Waals surface area contributed by atoms with E-state index < -0.39 is 12.5 Å². The van der Waals surface area contributed by atoms with Gasteiger partial charge >= 0.3 is 0 Å². The van der Waals surface area contributed by atoms with Crippen molar-refractivity contribution < 1.29 is 13.5 Å². The van der Waals surface area contributed by atoms with Gasteiger partial charge in [-0.15, -0.1) is 5.10 Å². The van der Waals surface area contributed by atoms with Crippen LogP contribution in [0.2, 0.25) is 0 Å². The number of rotatable bonds is 2. The molecule has 0 aliphatic carbocycles. The summed E-state index contributed by atoms with van der Waals surface area (Å²) in [6.45, 7) is 1.16. The molecule has 0 aromatic carbocycles. The maximum atomic E-state index is 12.6. The number of tetrazole rings is 1. The average Bonchev–Trinajstić information content (AvgIpc) is 2.74. The summed E-state index contributed by atoms with van der Waals surface area (Å²) in [4.78, 5) is 6.10. The van der Waals surface area contributed by atoms with Crippen LogP contribution in [0.5, 0.6) is 0 Å². The van der Waals surface area contributed by atoms with Crippen molar-refractivity contribution in [2.45, 2.75) is 19.0 Å². The molecule has 0 N–H and O–H groups in total. The van der Waals surface area contributed by atoms with Crippen LogP contribution in [0.4, 0.5) is 14.6 Å². The summed E-state index contributed by atoms with van der Waals surface area (Å²) in [6.07, 6.45) is -0.00857. The van der Waals surface area contributed by atoms with E-state index in [1.807, 2.05) is 4.90 Å². The van der Waals surface area contributed by atoms with Gasteiger partial charge in [-0.1, -0.05) is 0 Å². The number of alkyl halides is 2. The third-order valence-corrected chi connectivity index (χ3v) is 3.05. The number of nitrogens with zero attached hydrogens (tertiary/aromatic N) is 6. The van der Waals surface area contributed by atoms with Gasteiger partial charge in [0.1, 0.15) is 6.10 Å². The highest BCUT2D eigenvalue weighted by atomic mass is 19.3. The summed E-state index contributed by atoms with van der Waals surface area (Å²) in [6, 6.07) is 0. The Morgan fingerprint density at radius 1 is 1.37 bits per heavy atom. The molecular weight excluding hydrogens is 258 g/mol. The number of fused-ring (bicyclic) bond motifs is 1. The van der Waals surface area contributed by atoms with Crippen molar-refractivity contribution >= 4 is 11.5 Å². The molecule has 1 aliphatic heterocycles. The van der Waals surface area contributed by atoms with Crippen LogP contribution >= 0.6 is 0 Å². The van der Waals surface area contributed by atoms with Gasteiger partial charge in [0.25, 0.3) is 6.43 Å². The van der Waals surface area contributed by atoms with Crippen molar-refractivity contribution in [3.63, 3.8) is 0 Å². The highest BCUT2D eigenvalue weighted by molar-refractivity contribution is 5.62. The zero-order valence-electron chi connectivity index (χ0n) is 9.99. The number of hydrogen-bond donors (Lipinski definition) is 0. The monoisotopic (exact) mass is 270 g/mol. The van der Waals surface area contributed by atoms with Crippen LogP contribution < -0.4 is 4.90 Å². The van der Waals surface area contributed by atoms with Gasteiger partial charge < -0.3 is 9.64 Å². The highest BCUT2D eigenvalue weighted by Gasteiger charge is 2.26. The van der Waals surface area contributed by atoms with Crippen LogP contribution in [0.25, 0.3) is 5.65 Å². The lowest BCUT2D eigenvalue weighted by Crippen LogP contribution is -2.28. The van der Waals surface area contributed by atoms with Gasteiger partial charge in [-0.3, -0.25) is 0 Å². The lowest BCUT2D eigenvalue weighted by molar-refractivity contribution is -0.0493. The standard InChI is InChI=1S/C10H12F2N6O/c11-8(12)7-1-3-17(5-6-19-7)9-10-14-15-16-18(10)4-2-13-9/h2,4,7-8H,1,3,5-6H2. The maximum Gasteiger partial charge on any atom is 0.264 e. The molecule has 0 radical (unpaired) electrons. The summed E-state index contributed by atoms with van der Waals surface area (Å²) in [5, 5.41) is 11.2. The molecule has 0 saturated carbocycles. The van der Waals surface area contributed by atoms with E-state index in [0.717, 1.165) is 0 Å². The van der Waals surface area contributed by atoms with Gasteiger partial charge in [-0.2, -0.15) is 4.52 Å². The Morgan fingerprint density at radius 3 is 3.11 bits per heavy atom. The number of ether oxygens (including phenoxy) is 1. The summed E-state index contributed by atoms with van der Waals surface area (Å²) in [7, 11) is 0. The molecule has 0 bridgehead atoms. The number of aromatic nitrogens is 5. The molecule has 1 unspecified atom stereocenters. The summed E-state index contributed by atoms with van der Waals surface area (Å²) >= 11 is 0. The Bertz CT molecular complexity index is 562. The fourth-order valence-corrected chi connectivity index (χ4v) is 2.09. The summed E-state index contributed by atoms with van der Waals surface area (Å²) in [5.74, 6) is 0.589. The molecule has 1 saturated heterocycles. The molecule has 1 fully saturated rings. The molecule has 1 aliphatic rings. The molecule has 102 valence electrons. The highest BCUT2D eigenvalue weighted by Crippen LogP contribution is 2.20. The average molecular weight is 270 g/mol. The molecule has 19 heavy (non-hydrogen) atoms. The molecule has 2 aromatic heterocycles. The van der Waals surface area contributed by atoms with E-state index in [0.29, 0.717) is 24.6 Å². The number of anilines is 1. The Balaban J connectivity index is 1.84. The minimum absolute atomic E-state index is 0.235. The van der Waals surface area contributed by atoms with E-state index in [9.17, 15) is 8.78 Å². The van der Waals surface area contributed by atoms with Crippen LogP contribution in [-0.4, -0.2) is 57.3 Å². The predicted octanol–water partition coefficient (Wildman–Crippen LogP) is 0.380. The second kappa shape index (κ2) is 5.00. The first-order chi connectivity index (χ1) is 9.25. The topological polar surface area (TPSA) is 68.4 Å². The molecule has 0 spiro atoms. The third kappa shape index (κ3) is 2.33. The van der Waals surface area contributed by atoms with Crippen LogP contribution in [0.3, 0.4) is 0 Å². The lowest BCUT2D eigenvalue weighted by Gasteiger charge is -2.20. The first-order valence-corrected chi connectivity index (χ1v) is 5.93. The van der Waals surface area contributed by atoms with E-state index >= 15 is 0 Å². The van der Waals surface area contributed by atoms with Crippen molar-refractivity contribution in [1.29, 1.82) is 0 Å². The van der Waals surface area contributed by atoms with E-state index in [1.165, 1.54) is 4.52 Å². The van der Waals surface area contributed by atoms with Crippen LogP contribution in [0, 0.1) is 0 Å². The number of halogens is 2. The van der Waals surface area contributed by atoms with Crippen molar-refractivity contribution in [1.82, 2.24) is 25.0 Å². The van der Waals surface area contributed by atoms with Gasteiger partial charge in [0.2, 0.25) is 5.65 Å². The Hall–Kier alpha value is -1.90. The summed E-state index contributed by atoms with van der Waals surface area (Å²) in [5.41, 5.74) is 0.512. The van der Waals surface area contributed by atoms with Gasteiger partial charge in [-0.05, 0) is 16.8 Å². The van der Waals surface area contributed by atoms with Crippen LogP contribution in [-0.2, 0) is 4.74 Å². The molecule has 2 aromatic rings. The van der Waals surface area contributed by atoms with Gasteiger partial charge in [0.15, 0.2) is 5.82 Å². The largest absolute Gasteiger partial charge is 0.370 e. The molecule has 3 heterocycles. The molecule has 9 heteroatoms. The van der Waals surface area contributed by atoms with E-state index in [2.05, 4.69) is 20.5 Å². The zero-order valence-corrected chi connectivity index (χ0v) is 9.99. The third-order valence-electron chi connectivity index (χ3n) is 3.05. The van der Waals surface area contributed by atoms with Gasteiger partial charge in [0.05, 0.1) is 12.8 Å². The zero-order chi connectivity index (χ0) is 13.2. The molecule has 3 rings (SSSR count). The first kappa shape index (κ1) is 12.2. The van der Waals surface area contributed by atoms with Crippen LogP contribution in [0.15, 0.2) is 12.4 Å². The lowest BCUT2D eigenvalue weighted by atomic mass is 10.2. The quantitative estimate of drug-likeness (QED) is 0.786. The second-order valence-corrected chi connectivity index (χ2v) is 4.22. The van der Waals surface area contributed by atoms with Crippen molar-refractivity contribution in [2.24, 2.45) is 0 Å². The van der Waals surface area contributed by atoms with E-state index in [1.54, 1.807) is 12.4 Å². The molecule has 7 nitrogen and oxygen atoms in total. The molecule has 1 atom stereocenters. The van der Waals surface area contributed by atoms with Crippen molar-refractivity contribution in [3.05, 3.63) is 12.4 Å².